The van der Waals surface area contributed by atoms with E-state index in [0.717, 1.165) is 38.6 Å². The largest absolute Gasteiger partial charge is 0.385 e. The van der Waals surface area contributed by atoms with E-state index in [1.807, 2.05) is 0 Å². The Morgan fingerprint density at radius 2 is 2.28 bits per heavy atom. The summed E-state index contributed by atoms with van der Waals surface area (Å²) in [5.74, 6) is 0.876. The van der Waals surface area contributed by atoms with Crippen LogP contribution in [0.4, 0.5) is 0 Å². The second-order valence-corrected chi connectivity index (χ2v) is 5.00. The third-order valence-electron chi connectivity index (χ3n) is 2.51. The van der Waals surface area contributed by atoms with Crippen LogP contribution >= 0.6 is 11.3 Å². The molecular formula is C13H23N3OS. The highest BCUT2D eigenvalue weighted by atomic mass is 32.1. The fraction of sp³-hybridized carbons (Fsp3) is 0.615. The highest BCUT2D eigenvalue weighted by Gasteiger charge is 2.00. The summed E-state index contributed by atoms with van der Waals surface area (Å²) in [5.41, 5.74) is 1.32. The summed E-state index contributed by atoms with van der Waals surface area (Å²) in [4.78, 5) is 5.90. The summed E-state index contributed by atoms with van der Waals surface area (Å²) in [6, 6.07) is 2.13. The van der Waals surface area contributed by atoms with Crippen molar-refractivity contribution in [2.45, 2.75) is 26.8 Å². The minimum absolute atomic E-state index is 0.739. The molecule has 0 amide bonds. The van der Waals surface area contributed by atoms with Crippen molar-refractivity contribution in [3.05, 3.63) is 21.9 Å². The van der Waals surface area contributed by atoms with Gasteiger partial charge in [0.2, 0.25) is 0 Å². The number of nitrogens with one attached hydrogen (secondary N) is 2. The number of methoxy groups -OCH3 is 1. The van der Waals surface area contributed by atoms with E-state index >= 15 is 0 Å². The first-order valence-electron chi connectivity index (χ1n) is 6.32. The molecule has 0 fully saturated rings. The molecule has 0 spiro atoms. The number of thiophene rings is 1. The van der Waals surface area contributed by atoms with Gasteiger partial charge in [0.25, 0.3) is 0 Å². The van der Waals surface area contributed by atoms with Crippen LogP contribution in [0.5, 0.6) is 0 Å². The van der Waals surface area contributed by atoms with Gasteiger partial charge in [0.15, 0.2) is 5.96 Å². The molecule has 1 aromatic rings. The van der Waals surface area contributed by atoms with E-state index in [-0.39, 0.29) is 0 Å². The summed E-state index contributed by atoms with van der Waals surface area (Å²) in [7, 11) is 1.72. The van der Waals surface area contributed by atoms with Gasteiger partial charge in [-0.3, -0.25) is 0 Å². The first-order valence-corrected chi connectivity index (χ1v) is 7.20. The predicted molar refractivity (Wildman–Crippen MR) is 78.4 cm³/mol. The molecule has 4 nitrogen and oxygen atoms in total. The van der Waals surface area contributed by atoms with E-state index < -0.39 is 0 Å². The summed E-state index contributed by atoms with van der Waals surface area (Å²) in [6.07, 6.45) is 0.985. The maximum absolute atomic E-state index is 5.02. The Morgan fingerprint density at radius 1 is 1.44 bits per heavy atom. The molecule has 0 saturated heterocycles. The number of aryl methyl sites for hydroxylation is 1. The maximum atomic E-state index is 5.02. The number of nitrogens with zero attached hydrogens (tertiary/aromatic N) is 1. The number of rotatable bonds is 7. The molecule has 0 aliphatic carbocycles. The third kappa shape index (κ3) is 5.51. The van der Waals surface area contributed by atoms with Gasteiger partial charge in [-0.15, -0.1) is 11.3 Å². The number of hydrogen-bond acceptors (Lipinski definition) is 3. The van der Waals surface area contributed by atoms with Crippen molar-refractivity contribution >= 4 is 17.3 Å². The molecule has 0 aliphatic rings. The van der Waals surface area contributed by atoms with Crippen LogP contribution in [0.2, 0.25) is 0 Å². The van der Waals surface area contributed by atoms with E-state index in [1.165, 1.54) is 10.4 Å². The predicted octanol–water partition coefficient (Wildman–Crippen LogP) is 2.15. The summed E-state index contributed by atoms with van der Waals surface area (Å²) in [5, 5.41) is 8.66. The lowest BCUT2D eigenvalue weighted by Crippen LogP contribution is -2.38. The average molecular weight is 269 g/mol. The van der Waals surface area contributed by atoms with Crippen molar-refractivity contribution < 1.29 is 4.74 Å². The molecule has 0 radical (unpaired) electrons. The van der Waals surface area contributed by atoms with E-state index in [2.05, 4.69) is 40.9 Å². The van der Waals surface area contributed by atoms with Crippen LogP contribution in [0, 0.1) is 6.92 Å². The topological polar surface area (TPSA) is 45.7 Å². The lowest BCUT2D eigenvalue weighted by atomic mass is 10.3. The van der Waals surface area contributed by atoms with Crippen molar-refractivity contribution in [1.29, 1.82) is 0 Å². The monoisotopic (exact) mass is 269 g/mol. The van der Waals surface area contributed by atoms with Gasteiger partial charge in [0.05, 0.1) is 6.54 Å². The maximum Gasteiger partial charge on any atom is 0.191 e. The van der Waals surface area contributed by atoms with Gasteiger partial charge in [0, 0.05) is 31.7 Å². The highest BCUT2D eigenvalue weighted by Crippen LogP contribution is 2.16. The smallest absolute Gasteiger partial charge is 0.191 e. The van der Waals surface area contributed by atoms with E-state index in [0.29, 0.717) is 0 Å². The Hall–Kier alpha value is -1.07. The second kappa shape index (κ2) is 8.94. The molecule has 0 bridgehead atoms. The second-order valence-electron chi connectivity index (χ2n) is 4.00. The quantitative estimate of drug-likeness (QED) is 0.453. The lowest BCUT2D eigenvalue weighted by Gasteiger charge is -2.10. The number of hydrogen-bond donors (Lipinski definition) is 2. The first-order chi connectivity index (χ1) is 8.77. The van der Waals surface area contributed by atoms with Crippen LogP contribution in [-0.2, 0) is 11.3 Å². The molecule has 0 aliphatic heterocycles. The third-order valence-corrected chi connectivity index (χ3v) is 3.52. The number of aliphatic imine (C=N–C) groups is 1. The molecule has 1 aromatic heterocycles. The fourth-order valence-electron chi connectivity index (χ4n) is 1.48. The molecule has 2 N–H and O–H groups in total. The van der Waals surface area contributed by atoms with Gasteiger partial charge >= 0.3 is 0 Å². The number of guanidine groups is 1. The van der Waals surface area contributed by atoms with Gasteiger partial charge in [-0.2, -0.15) is 0 Å². The molecule has 102 valence electrons. The van der Waals surface area contributed by atoms with Crippen LogP contribution in [0.1, 0.15) is 23.8 Å². The van der Waals surface area contributed by atoms with Gasteiger partial charge in [0.1, 0.15) is 0 Å². The van der Waals surface area contributed by atoms with Crippen LogP contribution in [0.15, 0.2) is 16.4 Å². The summed E-state index contributed by atoms with van der Waals surface area (Å²) < 4.78 is 5.02. The van der Waals surface area contributed by atoms with Crippen LogP contribution < -0.4 is 10.6 Å². The van der Waals surface area contributed by atoms with Gasteiger partial charge < -0.3 is 15.4 Å². The summed E-state index contributed by atoms with van der Waals surface area (Å²) in [6.45, 7) is 7.46. The van der Waals surface area contributed by atoms with Crippen molar-refractivity contribution in [3.8, 4) is 0 Å². The zero-order valence-electron chi connectivity index (χ0n) is 11.5. The van der Waals surface area contributed by atoms with E-state index in [4.69, 9.17) is 4.74 Å². The Bertz CT molecular complexity index is 363. The highest BCUT2D eigenvalue weighted by molar-refractivity contribution is 7.10. The zero-order valence-corrected chi connectivity index (χ0v) is 12.3. The van der Waals surface area contributed by atoms with Crippen LogP contribution in [0.25, 0.3) is 0 Å². The van der Waals surface area contributed by atoms with Gasteiger partial charge in [-0.1, -0.05) is 0 Å². The number of ether oxygens (including phenoxy) is 1. The molecule has 0 atom stereocenters. The minimum atomic E-state index is 0.739. The van der Waals surface area contributed by atoms with Crippen molar-refractivity contribution in [2.24, 2.45) is 4.99 Å². The normalized spacial score (nSPS) is 11.6. The van der Waals surface area contributed by atoms with Crippen LogP contribution in [0.3, 0.4) is 0 Å². The Balaban J connectivity index is 2.42. The molecular weight excluding hydrogens is 246 g/mol. The molecule has 0 aromatic carbocycles. The zero-order chi connectivity index (χ0) is 13.2. The van der Waals surface area contributed by atoms with Crippen molar-refractivity contribution in [1.82, 2.24) is 10.6 Å². The molecule has 0 unspecified atom stereocenters. The Morgan fingerprint density at radius 3 is 2.89 bits per heavy atom. The van der Waals surface area contributed by atoms with Gasteiger partial charge in [-0.25, -0.2) is 4.99 Å². The molecule has 1 rings (SSSR count). The first kappa shape index (κ1) is 15.0. The van der Waals surface area contributed by atoms with Crippen molar-refractivity contribution in [3.63, 3.8) is 0 Å². The van der Waals surface area contributed by atoms with E-state index in [9.17, 15) is 0 Å². The fourth-order valence-corrected chi connectivity index (χ4v) is 2.31. The van der Waals surface area contributed by atoms with Crippen LogP contribution in [-0.4, -0.2) is 32.8 Å². The molecule has 0 saturated carbocycles. The lowest BCUT2D eigenvalue weighted by molar-refractivity contribution is 0.195. The molecule has 5 heteroatoms. The molecule has 18 heavy (non-hydrogen) atoms. The van der Waals surface area contributed by atoms with E-state index in [1.54, 1.807) is 18.4 Å². The van der Waals surface area contributed by atoms with Gasteiger partial charge in [-0.05, 0) is 37.3 Å². The Labute approximate surface area is 113 Å². The standard InChI is InChI=1S/C13H23N3OS/c1-4-14-13(15-7-5-8-17-3)16-10-12-11(2)6-9-18-12/h6,9H,4-5,7-8,10H2,1-3H3,(H2,14,15,16). The minimum Gasteiger partial charge on any atom is -0.385 e. The molecule has 1 heterocycles. The average Bonchev–Trinajstić information content (AvgIpc) is 2.77. The van der Waals surface area contributed by atoms with Crippen molar-refractivity contribution in [2.75, 3.05) is 26.8 Å². The Kier molecular flexibility index (Phi) is 7.44. The summed E-state index contributed by atoms with van der Waals surface area (Å²) >= 11 is 1.76. The SMILES string of the molecule is CCNC(=NCc1sccc1C)NCCCOC.